The van der Waals surface area contributed by atoms with Gasteiger partial charge in [0.15, 0.2) is 5.82 Å². The Morgan fingerprint density at radius 3 is 2.62 bits per heavy atom. The largest absolute Gasteiger partial charge is 0.381 e. The van der Waals surface area contributed by atoms with Crippen LogP contribution in [0.5, 0.6) is 0 Å². The second-order valence-corrected chi connectivity index (χ2v) is 6.26. The zero-order valence-corrected chi connectivity index (χ0v) is 13.7. The second kappa shape index (κ2) is 7.23. The molecular weight excluding hydrogens is 304 g/mol. The highest BCUT2D eigenvalue weighted by Crippen LogP contribution is 2.28. The lowest BCUT2D eigenvalue weighted by Crippen LogP contribution is -2.51. The van der Waals surface area contributed by atoms with Gasteiger partial charge in [-0.1, -0.05) is 30.3 Å². The predicted octanol–water partition coefficient (Wildman–Crippen LogP) is 2.17. The molecule has 3 heterocycles. The van der Waals surface area contributed by atoms with Gasteiger partial charge in [-0.3, -0.25) is 0 Å². The Bertz CT molecular complexity index is 661. The van der Waals surface area contributed by atoms with Crippen molar-refractivity contribution in [1.82, 2.24) is 15.0 Å². The van der Waals surface area contributed by atoms with Crippen LogP contribution in [0.4, 0.5) is 5.95 Å². The molecule has 0 amide bonds. The van der Waals surface area contributed by atoms with Crippen LogP contribution in [0.2, 0.25) is 0 Å². The van der Waals surface area contributed by atoms with E-state index in [1.54, 1.807) is 6.33 Å². The van der Waals surface area contributed by atoms with Crippen LogP contribution in [0.1, 0.15) is 12.8 Å². The molecule has 6 heteroatoms. The Hall–Kier alpha value is -2.05. The molecule has 1 unspecified atom stereocenters. The maximum absolute atomic E-state index is 5.75. The van der Waals surface area contributed by atoms with E-state index in [9.17, 15) is 0 Å². The Kier molecular flexibility index (Phi) is 4.66. The van der Waals surface area contributed by atoms with Crippen molar-refractivity contribution in [1.29, 1.82) is 0 Å². The van der Waals surface area contributed by atoms with Crippen molar-refractivity contribution in [3.05, 3.63) is 36.7 Å². The quantitative estimate of drug-likeness (QED) is 0.861. The summed E-state index contributed by atoms with van der Waals surface area (Å²) in [5.41, 5.74) is 1.01. The summed E-state index contributed by atoms with van der Waals surface area (Å²) >= 11 is 0. The fourth-order valence-electron chi connectivity index (χ4n) is 3.51. The molecule has 2 aliphatic heterocycles. The predicted molar refractivity (Wildman–Crippen MR) is 90.8 cm³/mol. The minimum Gasteiger partial charge on any atom is -0.381 e. The van der Waals surface area contributed by atoms with E-state index in [2.05, 4.69) is 14.9 Å². The summed E-state index contributed by atoms with van der Waals surface area (Å²) in [6, 6.07) is 10.3. The highest BCUT2D eigenvalue weighted by molar-refractivity contribution is 5.55. The highest BCUT2D eigenvalue weighted by Gasteiger charge is 2.33. The molecule has 0 spiro atoms. The lowest BCUT2D eigenvalue weighted by atomic mass is 9.90. The summed E-state index contributed by atoms with van der Waals surface area (Å²) in [7, 11) is 0. The van der Waals surface area contributed by atoms with Gasteiger partial charge in [-0.05, 0) is 18.8 Å². The maximum atomic E-state index is 5.75. The van der Waals surface area contributed by atoms with Crippen LogP contribution in [0.15, 0.2) is 36.7 Å². The first-order chi connectivity index (χ1) is 11.9. The average molecular weight is 326 g/mol. The van der Waals surface area contributed by atoms with Gasteiger partial charge < -0.3 is 14.4 Å². The first-order valence-corrected chi connectivity index (χ1v) is 8.58. The van der Waals surface area contributed by atoms with E-state index in [1.165, 1.54) is 0 Å². The molecule has 2 fully saturated rings. The molecule has 0 bridgehead atoms. The van der Waals surface area contributed by atoms with Crippen molar-refractivity contribution >= 4 is 5.95 Å². The number of morpholine rings is 1. The lowest BCUT2D eigenvalue weighted by molar-refractivity contribution is 0.0218. The number of hydrogen-bond acceptors (Lipinski definition) is 6. The number of ether oxygens (including phenoxy) is 2. The Balaban J connectivity index is 1.61. The summed E-state index contributed by atoms with van der Waals surface area (Å²) in [6.45, 7) is 3.94. The van der Waals surface area contributed by atoms with Gasteiger partial charge in [0, 0.05) is 25.3 Å². The van der Waals surface area contributed by atoms with E-state index < -0.39 is 0 Å². The fourth-order valence-corrected chi connectivity index (χ4v) is 3.51. The van der Waals surface area contributed by atoms with Gasteiger partial charge in [0.05, 0.1) is 19.3 Å². The number of aromatic nitrogens is 3. The number of benzene rings is 1. The summed E-state index contributed by atoms with van der Waals surface area (Å²) in [5.74, 6) is 2.04. The molecule has 4 rings (SSSR count). The minimum atomic E-state index is 0.314. The number of nitrogens with zero attached hydrogens (tertiary/aromatic N) is 4. The summed E-state index contributed by atoms with van der Waals surface area (Å²) < 4.78 is 11.3. The molecule has 0 saturated carbocycles. The highest BCUT2D eigenvalue weighted by atomic mass is 16.5. The molecule has 2 saturated heterocycles. The van der Waals surface area contributed by atoms with Crippen LogP contribution in [-0.2, 0) is 9.47 Å². The van der Waals surface area contributed by atoms with E-state index in [0.29, 0.717) is 18.6 Å². The summed E-state index contributed by atoms with van der Waals surface area (Å²) in [6.07, 6.45) is 3.75. The van der Waals surface area contributed by atoms with E-state index in [4.69, 9.17) is 14.5 Å². The molecule has 0 aliphatic carbocycles. The molecule has 6 nitrogen and oxygen atoms in total. The molecule has 2 aliphatic rings. The van der Waals surface area contributed by atoms with Crippen LogP contribution in [0.3, 0.4) is 0 Å². The zero-order chi connectivity index (χ0) is 16.2. The van der Waals surface area contributed by atoms with Gasteiger partial charge >= 0.3 is 0 Å². The third-order valence-corrected chi connectivity index (χ3v) is 4.82. The molecule has 0 N–H and O–H groups in total. The molecule has 24 heavy (non-hydrogen) atoms. The Morgan fingerprint density at radius 2 is 1.79 bits per heavy atom. The van der Waals surface area contributed by atoms with Crippen molar-refractivity contribution < 1.29 is 9.47 Å². The fraction of sp³-hybridized carbons (Fsp3) is 0.500. The first kappa shape index (κ1) is 15.5. The van der Waals surface area contributed by atoms with Crippen LogP contribution in [0.25, 0.3) is 11.4 Å². The van der Waals surface area contributed by atoms with Crippen molar-refractivity contribution in [3.63, 3.8) is 0 Å². The number of rotatable bonds is 3. The van der Waals surface area contributed by atoms with Crippen molar-refractivity contribution in [3.8, 4) is 11.4 Å². The van der Waals surface area contributed by atoms with Crippen molar-refractivity contribution in [2.75, 3.05) is 37.9 Å². The SMILES string of the molecule is c1ccc(-c2ncnc(N3CCOCC3C3CCOCC3)n2)cc1. The molecule has 1 aromatic carbocycles. The van der Waals surface area contributed by atoms with Crippen molar-refractivity contribution in [2.24, 2.45) is 5.92 Å². The molecule has 126 valence electrons. The minimum absolute atomic E-state index is 0.314. The van der Waals surface area contributed by atoms with Gasteiger partial charge in [0.1, 0.15) is 6.33 Å². The topological polar surface area (TPSA) is 60.4 Å². The standard InChI is InChI=1S/C18H22N4O2/c1-2-4-15(5-3-1)17-19-13-20-18(21-17)22-8-11-24-12-16(22)14-6-9-23-10-7-14/h1-5,13-14,16H,6-12H2. The van der Waals surface area contributed by atoms with Gasteiger partial charge in [-0.25, -0.2) is 9.97 Å². The first-order valence-electron chi connectivity index (χ1n) is 8.58. The zero-order valence-electron chi connectivity index (χ0n) is 13.7. The molecule has 0 radical (unpaired) electrons. The van der Waals surface area contributed by atoms with Crippen LogP contribution < -0.4 is 4.90 Å². The van der Waals surface area contributed by atoms with Crippen molar-refractivity contribution in [2.45, 2.75) is 18.9 Å². The lowest BCUT2D eigenvalue weighted by Gasteiger charge is -2.41. The van der Waals surface area contributed by atoms with Gasteiger partial charge in [0.2, 0.25) is 5.95 Å². The van der Waals surface area contributed by atoms with E-state index in [-0.39, 0.29) is 0 Å². The Labute approximate surface area is 141 Å². The molecule has 1 atom stereocenters. The van der Waals surface area contributed by atoms with Gasteiger partial charge in [0.25, 0.3) is 0 Å². The van der Waals surface area contributed by atoms with Gasteiger partial charge in [-0.15, -0.1) is 0 Å². The Morgan fingerprint density at radius 1 is 0.958 bits per heavy atom. The summed E-state index contributed by atoms with van der Waals surface area (Å²) in [5, 5.41) is 0. The average Bonchev–Trinajstić information content (AvgIpc) is 2.69. The normalized spacial score (nSPS) is 22.5. The van der Waals surface area contributed by atoms with E-state index in [1.807, 2.05) is 30.3 Å². The third-order valence-electron chi connectivity index (χ3n) is 4.82. The maximum Gasteiger partial charge on any atom is 0.229 e. The third kappa shape index (κ3) is 3.25. The van der Waals surface area contributed by atoms with E-state index >= 15 is 0 Å². The van der Waals surface area contributed by atoms with Gasteiger partial charge in [-0.2, -0.15) is 4.98 Å². The van der Waals surface area contributed by atoms with E-state index in [0.717, 1.165) is 56.5 Å². The molecule has 1 aromatic heterocycles. The number of anilines is 1. The summed E-state index contributed by atoms with van der Waals surface area (Å²) in [4.78, 5) is 15.8. The number of hydrogen-bond donors (Lipinski definition) is 0. The molecular formula is C18H22N4O2. The van der Waals surface area contributed by atoms with Crippen LogP contribution in [0, 0.1) is 5.92 Å². The smallest absolute Gasteiger partial charge is 0.229 e. The monoisotopic (exact) mass is 326 g/mol. The molecule has 2 aromatic rings. The van der Waals surface area contributed by atoms with Crippen LogP contribution >= 0.6 is 0 Å². The second-order valence-electron chi connectivity index (χ2n) is 6.26. The van der Waals surface area contributed by atoms with Crippen LogP contribution in [-0.4, -0.2) is 54.0 Å².